The van der Waals surface area contributed by atoms with Crippen LogP contribution in [0.4, 0.5) is 0 Å². The van der Waals surface area contributed by atoms with Gasteiger partial charge in [0.1, 0.15) is 0 Å². The molecule has 2 aromatic rings. The van der Waals surface area contributed by atoms with Crippen LogP contribution in [0.15, 0.2) is 60.7 Å². The second-order valence-corrected chi connectivity index (χ2v) is 39.2. The van der Waals surface area contributed by atoms with Gasteiger partial charge >= 0.3 is 176 Å². The van der Waals surface area contributed by atoms with Gasteiger partial charge in [-0.05, 0) is 0 Å². The minimum absolute atomic E-state index is 0.530. The molecule has 0 aliphatic heterocycles. The molecule has 2 aromatic carbocycles. The van der Waals surface area contributed by atoms with E-state index in [0.29, 0.717) is 8.08 Å². The van der Waals surface area contributed by atoms with Crippen LogP contribution in [0.5, 0.6) is 0 Å². The Bertz CT molecular complexity index is 855. The van der Waals surface area contributed by atoms with Gasteiger partial charge in [0, 0.05) is 0 Å². The van der Waals surface area contributed by atoms with Crippen LogP contribution < -0.4 is 0 Å². The van der Waals surface area contributed by atoms with Gasteiger partial charge < -0.3 is 0 Å². The molecule has 0 bridgehead atoms. The first-order chi connectivity index (χ1) is 12.7. The average molecular weight is 515 g/mol. The quantitative estimate of drug-likeness (QED) is 0.386. The summed E-state index contributed by atoms with van der Waals surface area (Å²) in [4.78, 5) is 0. The number of allylic oxidation sites excluding steroid dienone is 2. The fourth-order valence-electron chi connectivity index (χ4n) is 5.37. The van der Waals surface area contributed by atoms with Crippen molar-refractivity contribution in [1.29, 1.82) is 0 Å². The van der Waals surface area contributed by atoms with Crippen LogP contribution in [0.25, 0.3) is 12.2 Å². The van der Waals surface area contributed by atoms with Gasteiger partial charge in [0.2, 0.25) is 0 Å². The van der Waals surface area contributed by atoms with Crippen molar-refractivity contribution in [3.63, 3.8) is 0 Å². The van der Waals surface area contributed by atoms with Crippen LogP contribution in [0.1, 0.15) is 43.4 Å². The molecule has 0 amide bonds. The number of benzene rings is 2. The molecule has 2 aliphatic rings. The normalized spacial score (nSPS) is 21.4. The molecule has 0 aromatic heterocycles. The van der Waals surface area contributed by atoms with E-state index in [2.05, 4.69) is 105 Å². The van der Waals surface area contributed by atoms with E-state index < -0.39 is 40.5 Å². The molecule has 2 atom stereocenters. The van der Waals surface area contributed by atoms with Gasteiger partial charge in [0.05, 0.1) is 0 Å². The van der Waals surface area contributed by atoms with Crippen molar-refractivity contribution in [2.24, 2.45) is 0 Å². The van der Waals surface area contributed by atoms with Gasteiger partial charge in [-0.15, -0.1) is 0 Å². The Hall–Kier alpha value is -0.314. The molecule has 2 unspecified atom stereocenters. The van der Waals surface area contributed by atoms with E-state index in [0.717, 1.165) is 0 Å². The molecule has 2 heteroatoms. The van der Waals surface area contributed by atoms with Crippen molar-refractivity contribution in [2.75, 3.05) is 0 Å². The van der Waals surface area contributed by atoms with Crippen molar-refractivity contribution in [3.8, 4) is 0 Å². The average Bonchev–Trinajstić information content (AvgIpc) is 3.26. The SMILES string of the molecule is C[C](C)([Zr]([CH3])([CH3])[CH]1C=Cc2ccccc21)[Zr]([CH3])([CH3])[CH]1C=Cc2ccccc21. The summed E-state index contributed by atoms with van der Waals surface area (Å²) in [5, 5.41) is 0. The number of hydrogen-bond acceptors (Lipinski definition) is 0. The zero-order valence-corrected chi connectivity index (χ0v) is 22.5. The molecular weight excluding hydrogens is 483 g/mol. The molecular formula is C25H32Zr2. The van der Waals surface area contributed by atoms with Crippen LogP contribution in [-0.4, -0.2) is 0 Å². The molecule has 140 valence electrons. The maximum absolute atomic E-state index is 2.73. The molecule has 0 spiro atoms. The molecule has 0 nitrogen and oxygen atoms in total. The number of rotatable bonds is 4. The van der Waals surface area contributed by atoms with E-state index in [9.17, 15) is 0 Å². The van der Waals surface area contributed by atoms with Gasteiger partial charge in [-0.3, -0.25) is 0 Å². The first-order valence-corrected chi connectivity index (χ1v) is 25.3. The fourth-order valence-corrected chi connectivity index (χ4v) is 49.9. The van der Waals surface area contributed by atoms with Crippen molar-refractivity contribution in [2.45, 2.75) is 40.5 Å². The molecule has 2 aliphatic carbocycles. The number of hydrogen-bond donors (Lipinski definition) is 0. The first kappa shape index (κ1) is 20.0. The zero-order chi connectivity index (χ0) is 19.4. The number of fused-ring (bicyclic) bond motifs is 2. The second kappa shape index (κ2) is 6.88. The van der Waals surface area contributed by atoms with Crippen LogP contribution >= 0.6 is 0 Å². The Morgan fingerprint density at radius 2 is 1.00 bits per heavy atom. The van der Waals surface area contributed by atoms with Crippen LogP contribution in [0, 0.1) is 0 Å². The van der Waals surface area contributed by atoms with E-state index >= 15 is 0 Å². The Morgan fingerprint density at radius 3 is 1.41 bits per heavy atom. The molecule has 0 heterocycles. The summed E-state index contributed by atoms with van der Waals surface area (Å²) < 4.78 is 12.9. The summed E-state index contributed by atoms with van der Waals surface area (Å²) in [7, 11) is 0. The van der Waals surface area contributed by atoms with E-state index in [-0.39, 0.29) is 0 Å². The predicted molar refractivity (Wildman–Crippen MR) is 114 cm³/mol. The Labute approximate surface area is 174 Å². The molecule has 27 heavy (non-hydrogen) atoms. The fraction of sp³-hybridized carbons (Fsp3) is 0.360. The molecule has 0 fully saturated rings. The second-order valence-electron chi connectivity index (χ2n) is 10.00. The minimum atomic E-state index is -2.53. The van der Waals surface area contributed by atoms with Crippen molar-refractivity contribution < 1.29 is 40.5 Å². The zero-order valence-electron chi connectivity index (χ0n) is 17.6. The summed E-state index contributed by atoms with van der Waals surface area (Å²) in [6.07, 6.45) is 9.90. The van der Waals surface area contributed by atoms with Crippen LogP contribution in [0.3, 0.4) is 0 Å². The van der Waals surface area contributed by atoms with Crippen LogP contribution in [-0.2, 0) is 40.5 Å². The van der Waals surface area contributed by atoms with Crippen LogP contribution in [0.2, 0.25) is 19.4 Å². The van der Waals surface area contributed by atoms with E-state index in [1.807, 2.05) is 0 Å². The molecule has 0 saturated carbocycles. The summed E-state index contributed by atoms with van der Waals surface area (Å²) in [6, 6.07) is 18.2. The van der Waals surface area contributed by atoms with Gasteiger partial charge in [-0.2, -0.15) is 0 Å². The molecule has 0 radical (unpaired) electrons. The van der Waals surface area contributed by atoms with Crippen molar-refractivity contribution in [1.82, 2.24) is 0 Å². The summed E-state index contributed by atoms with van der Waals surface area (Å²) >= 11 is -5.05. The molecule has 0 N–H and O–H groups in total. The van der Waals surface area contributed by atoms with Gasteiger partial charge in [-0.1, -0.05) is 0 Å². The molecule has 4 rings (SSSR count). The van der Waals surface area contributed by atoms with Crippen molar-refractivity contribution >= 4 is 12.2 Å². The summed E-state index contributed by atoms with van der Waals surface area (Å²) in [5.41, 5.74) is 6.14. The van der Waals surface area contributed by atoms with Gasteiger partial charge in [0.15, 0.2) is 0 Å². The monoisotopic (exact) mass is 512 g/mol. The van der Waals surface area contributed by atoms with E-state index in [1.54, 1.807) is 11.1 Å². The first-order valence-electron chi connectivity index (χ1n) is 10.2. The Morgan fingerprint density at radius 1 is 0.630 bits per heavy atom. The van der Waals surface area contributed by atoms with E-state index in [1.165, 1.54) is 11.1 Å². The summed E-state index contributed by atoms with van der Waals surface area (Å²) in [6.45, 7) is 5.34. The predicted octanol–water partition coefficient (Wildman–Crippen LogP) is 8.18. The molecule has 0 saturated heterocycles. The van der Waals surface area contributed by atoms with E-state index in [4.69, 9.17) is 0 Å². The van der Waals surface area contributed by atoms with Crippen molar-refractivity contribution in [3.05, 3.63) is 82.9 Å². The third-order valence-corrected chi connectivity index (χ3v) is 53.1. The van der Waals surface area contributed by atoms with Gasteiger partial charge in [0.25, 0.3) is 0 Å². The summed E-state index contributed by atoms with van der Waals surface area (Å²) in [5.74, 6) is 0. The Balaban J connectivity index is 1.74. The third-order valence-electron chi connectivity index (χ3n) is 8.38. The Kier molecular flexibility index (Phi) is 5.09. The third kappa shape index (κ3) is 2.97. The topological polar surface area (TPSA) is 0 Å². The standard InChI is InChI=1S/2C9H7.C3H6.4CH3.2Zr/c2*1-2-5-9-7-3-6-8(9)4-1;1-3-2;;;;;;/h2*1-7H;1-2H3;4*1H3;;. The van der Waals surface area contributed by atoms with Gasteiger partial charge in [-0.25, -0.2) is 0 Å². The maximum atomic E-state index is 2.73.